The lowest BCUT2D eigenvalue weighted by molar-refractivity contribution is 0.0564. The molecule has 0 aromatic heterocycles. The Kier molecular flexibility index (Phi) is 4.43. The van der Waals surface area contributed by atoms with Gasteiger partial charge in [0, 0.05) is 18.8 Å². The highest BCUT2D eigenvalue weighted by molar-refractivity contribution is 5.90. The topological polar surface area (TPSA) is 66.8 Å². The number of hydrogen-bond acceptors (Lipinski definition) is 3. The summed E-state index contributed by atoms with van der Waals surface area (Å²) in [5.74, 6) is -0.420. The SMILES string of the molecule is CCC(c1c(O)cccc1C(=O)O)C1CCOCC1. The average Bonchev–Trinajstić information content (AvgIpc) is 2.42. The molecule has 2 rings (SSSR count). The summed E-state index contributed by atoms with van der Waals surface area (Å²) in [6.07, 6.45) is 2.67. The van der Waals surface area contributed by atoms with Crippen molar-refractivity contribution in [3.05, 3.63) is 29.3 Å². The second-order valence-corrected chi connectivity index (χ2v) is 5.01. The minimum atomic E-state index is -0.976. The summed E-state index contributed by atoms with van der Waals surface area (Å²) in [5.41, 5.74) is 0.808. The van der Waals surface area contributed by atoms with Crippen molar-refractivity contribution in [1.82, 2.24) is 0 Å². The van der Waals surface area contributed by atoms with Gasteiger partial charge in [-0.2, -0.15) is 0 Å². The van der Waals surface area contributed by atoms with E-state index in [9.17, 15) is 15.0 Å². The highest BCUT2D eigenvalue weighted by Gasteiger charge is 2.29. The van der Waals surface area contributed by atoms with E-state index in [0.717, 1.165) is 32.5 Å². The number of phenols is 1. The van der Waals surface area contributed by atoms with Crippen molar-refractivity contribution in [3.8, 4) is 5.75 Å². The Morgan fingerprint density at radius 1 is 1.42 bits per heavy atom. The van der Waals surface area contributed by atoms with E-state index in [1.54, 1.807) is 18.2 Å². The van der Waals surface area contributed by atoms with Crippen molar-refractivity contribution < 1.29 is 19.7 Å². The van der Waals surface area contributed by atoms with Crippen LogP contribution >= 0.6 is 0 Å². The van der Waals surface area contributed by atoms with Gasteiger partial charge in [-0.1, -0.05) is 13.0 Å². The van der Waals surface area contributed by atoms with Crippen molar-refractivity contribution in [2.24, 2.45) is 5.92 Å². The summed E-state index contributed by atoms with van der Waals surface area (Å²) in [4.78, 5) is 11.3. The Morgan fingerprint density at radius 3 is 2.68 bits per heavy atom. The van der Waals surface area contributed by atoms with Crippen LogP contribution in [0.15, 0.2) is 18.2 Å². The molecule has 1 aliphatic heterocycles. The molecular formula is C15H20O4. The standard InChI is InChI=1S/C15H20O4/c1-2-11(10-6-8-19-9-7-10)14-12(15(17)18)4-3-5-13(14)16/h3-5,10-11,16H,2,6-9H2,1H3,(H,17,18). The number of carboxylic acids is 1. The highest BCUT2D eigenvalue weighted by atomic mass is 16.5. The molecule has 0 spiro atoms. The molecule has 0 bridgehead atoms. The zero-order valence-electron chi connectivity index (χ0n) is 11.1. The molecule has 1 aliphatic rings. The number of ether oxygens (including phenoxy) is 1. The van der Waals surface area contributed by atoms with Crippen LogP contribution in [0.25, 0.3) is 0 Å². The number of hydrogen-bond donors (Lipinski definition) is 2. The summed E-state index contributed by atoms with van der Waals surface area (Å²) in [5, 5.41) is 19.4. The first-order valence-corrected chi connectivity index (χ1v) is 6.78. The zero-order valence-corrected chi connectivity index (χ0v) is 11.1. The molecule has 1 aromatic carbocycles. The first kappa shape index (κ1) is 13.9. The molecule has 1 aromatic rings. The van der Waals surface area contributed by atoms with E-state index in [1.807, 2.05) is 6.92 Å². The molecule has 19 heavy (non-hydrogen) atoms. The molecule has 2 N–H and O–H groups in total. The molecule has 1 heterocycles. The quantitative estimate of drug-likeness (QED) is 0.877. The van der Waals surface area contributed by atoms with Crippen LogP contribution in [0.4, 0.5) is 0 Å². The van der Waals surface area contributed by atoms with Gasteiger partial charge in [0.05, 0.1) is 5.56 Å². The van der Waals surface area contributed by atoms with Gasteiger partial charge < -0.3 is 14.9 Å². The molecule has 4 nitrogen and oxygen atoms in total. The monoisotopic (exact) mass is 264 g/mol. The maximum atomic E-state index is 11.3. The van der Waals surface area contributed by atoms with Gasteiger partial charge in [-0.15, -0.1) is 0 Å². The lowest BCUT2D eigenvalue weighted by atomic mass is 9.77. The zero-order chi connectivity index (χ0) is 13.8. The summed E-state index contributed by atoms with van der Waals surface area (Å²) < 4.78 is 5.36. The van der Waals surface area contributed by atoms with Crippen LogP contribution in [0.2, 0.25) is 0 Å². The fraction of sp³-hybridized carbons (Fsp3) is 0.533. The molecule has 4 heteroatoms. The number of phenolic OH excluding ortho intramolecular Hbond substituents is 1. The van der Waals surface area contributed by atoms with E-state index in [4.69, 9.17) is 4.74 Å². The maximum absolute atomic E-state index is 11.3. The van der Waals surface area contributed by atoms with Gasteiger partial charge in [0.1, 0.15) is 5.75 Å². The molecule has 104 valence electrons. The number of carboxylic acid groups (broad SMARTS) is 1. The van der Waals surface area contributed by atoms with Crippen LogP contribution in [-0.4, -0.2) is 29.4 Å². The number of aromatic carboxylic acids is 1. The third-order valence-corrected chi connectivity index (χ3v) is 3.96. The van der Waals surface area contributed by atoms with Crippen molar-refractivity contribution in [1.29, 1.82) is 0 Å². The fourth-order valence-electron chi connectivity index (χ4n) is 3.02. The predicted molar refractivity (Wildman–Crippen MR) is 71.6 cm³/mol. The molecule has 1 atom stereocenters. The second kappa shape index (κ2) is 6.06. The molecule has 1 fully saturated rings. The van der Waals surface area contributed by atoms with Crippen LogP contribution in [0.5, 0.6) is 5.75 Å². The van der Waals surface area contributed by atoms with Gasteiger partial charge in [0.2, 0.25) is 0 Å². The summed E-state index contributed by atoms with van der Waals surface area (Å²) in [6.45, 7) is 3.48. The molecule has 1 unspecified atom stereocenters. The van der Waals surface area contributed by atoms with Crippen LogP contribution in [0, 0.1) is 5.92 Å². The molecule has 0 aliphatic carbocycles. The van der Waals surface area contributed by atoms with E-state index >= 15 is 0 Å². The number of aromatic hydroxyl groups is 1. The first-order chi connectivity index (χ1) is 9.15. The normalized spacial score (nSPS) is 18.2. The first-order valence-electron chi connectivity index (χ1n) is 6.78. The highest BCUT2D eigenvalue weighted by Crippen LogP contribution is 2.40. The van der Waals surface area contributed by atoms with E-state index in [-0.39, 0.29) is 17.2 Å². The molecule has 0 radical (unpaired) electrons. The minimum absolute atomic E-state index is 0.0798. The lowest BCUT2D eigenvalue weighted by Crippen LogP contribution is -2.23. The fourth-order valence-corrected chi connectivity index (χ4v) is 3.02. The number of carbonyl (C=O) groups is 1. The van der Waals surface area contributed by atoms with Gasteiger partial charge in [-0.3, -0.25) is 0 Å². The maximum Gasteiger partial charge on any atom is 0.336 e. The summed E-state index contributed by atoms with van der Waals surface area (Å²) in [6, 6.07) is 4.72. The summed E-state index contributed by atoms with van der Waals surface area (Å²) >= 11 is 0. The van der Waals surface area contributed by atoms with E-state index in [2.05, 4.69) is 0 Å². The third kappa shape index (κ3) is 2.89. The van der Waals surface area contributed by atoms with Crippen LogP contribution in [0.3, 0.4) is 0 Å². The largest absolute Gasteiger partial charge is 0.508 e. The average molecular weight is 264 g/mol. The van der Waals surface area contributed by atoms with E-state index < -0.39 is 5.97 Å². The van der Waals surface area contributed by atoms with Gasteiger partial charge in [0.15, 0.2) is 0 Å². The van der Waals surface area contributed by atoms with Crippen LogP contribution in [-0.2, 0) is 4.74 Å². The van der Waals surface area contributed by atoms with Gasteiger partial charge in [0.25, 0.3) is 0 Å². The number of benzene rings is 1. The molecule has 0 amide bonds. The van der Waals surface area contributed by atoms with Crippen molar-refractivity contribution in [2.75, 3.05) is 13.2 Å². The third-order valence-electron chi connectivity index (χ3n) is 3.96. The Labute approximate surface area is 113 Å². The van der Waals surface area contributed by atoms with E-state index in [1.165, 1.54) is 0 Å². The van der Waals surface area contributed by atoms with E-state index in [0.29, 0.717) is 11.5 Å². The second-order valence-electron chi connectivity index (χ2n) is 5.01. The van der Waals surface area contributed by atoms with Crippen molar-refractivity contribution in [3.63, 3.8) is 0 Å². The predicted octanol–water partition coefficient (Wildman–Crippen LogP) is 3.01. The molecule has 1 saturated heterocycles. The van der Waals surface area contributed by atoms with Crippen molar-refractivity contribution in [2.45, 2.75) is 32.1 Å². The smallest absolute Gasteiger partial charge is 0.336 e. The Hall–Kier alpha value is -1.55. The van der Waals surface area contributed by atoms with Crippen LogP contribution in [0.1, 0.15) is 48.0 Å². The Morgan fingerprint density at radius 2 is 2.11 bits per heavy atom. The van der Waals surface area contributed by atoms with Crippen LogP contribution < -0.4 is 0 Å². The lowest BCUT2D eigenvalue weighted by Gasteiger charge is -2.31. The molecule has 0 saturated carbocycles. The van der Waals surface area contributed by atoms with Crippen molar-refractivity contribution >= 4 is 5.97 Å². The Balaban J connectivity index is 2.39. The Bertz CT molecular complexity index is 449. The molecular weight excluding hydrogens is 244 g/mol. The van der Waals surface area contributed by atoms with Gasteiger partial charge in [-0.05, 0) is 43.2 Å². The van der Waals surface area contributed by atoms with Gasteiger partial charge in [-0.25, -0.2) is 4.79 Å². The number of rotatable bonds is 4. The summed E-state index contributed by atoms with van der Waals surface area (Å²) in [7, 11) is 0. The minimum Gasteiger partial charge on any atom is -0.508 e. The van der Waals surface area contributed by atoms with Gasteiger partial charge >= 0.3 is 5.97 Å².